The molecule has 1 amide bonds. The van der Waals surface area contributed by atoms with Crippen LogP contribution in [0.1, 0.15) is 0 Å². The summed E-state index contributed by atoms with van der Waals surface area (Å²) < 4.78 is 23.5. The minimum atomic E-state index is -0.453. The van der Waals surface area contributed by atoms with Crippen LogP contribution in [-0.2, 0) is 9.53 Å². The van der Waals surface area contributed by atoms with Crippen molar-refractivity contribution in [3.8, 4) is 17.0 Å². The molecule has 2 aromatic rings. The molecule has 2 rings (SSSR count). The number of nitrogens with zero attached hydrogens (tertiary/aromatic N) is 1. The van der Waals surface area contributed by atoms with Crippen LogP contribution in [0.2, 0.25) is 0 Å². The Balaban J connectivity index is 1.95. The second-order valence-corrected chi connectivity index (χ2v) is 5.46. The lowest BCUT2D eigenvalue weighted by Crippen LogP contribution is -2.30. The van der Waals surface area contributed by atoms with Gasteiger partial charge in [-0.05, 0) is 18.2 Å². The van der Waals surface area contributed by atoms with Gasteiger partial charge in [0, 0.05) is 24.6 Å². The van der Waals surface area contributed by atoms with Crippen molar-refractivity contribution < 1.29 is 18.7 Å². The molecule has 1 aromatic heterocycles. The number of halogens is 1. The molecule has 1 heterocycles. The maximum absolute atomic E-state index is 13.7. The zero-order valence-corrected chi connectivity index (χ0v) is 13.7. The molecule has 0 aliphatic carbocycles. The largest absolute Gasteiger partial charge is 0.494 e. The summed E-state index contributed by atoms with van der Waals surface area (Å²) in [6.07, 6.45) is 0. The predicted octanol–water partition coefficient (Wildman–Crippen LogP) is 2.13. The van der Waals surface area contributed by atoms with Gasteiger partial charge in [-0.2, -0.15) is 0 Å². The van der Waals surface area contributed by atoms with Gasteiger partial charge in [0.2, 0.25) is 5.91 Å². The number of anilines is 1. The van der Waals surface area contributed by atoms with Crippen molar-refractivity contribution in [3.63, 3.8) is 0 Å². The van der Waals surface area contributed by atoms with Crippen LogP contribution in [0.15, 0.2) is 23.6 Å². The van der Waals surface area contributed by atoms with Gasteiger partial charge in [-0.3, -0.25) is 4.79 Å². The standard InChI is InChI=1S/C15H18FN3O3S/c1-21-6-5-17-8-14(20)19-15-18-12(9-23-15)10-3-4-13(22-2)11(16)7-10/h3-4,7,9,17H,5-6,8H2,1-2H3,(H,18,19,20). The monoisotopic (exact) mass is 339 g/mol. The smallest absolute Gasteiger partial charge is 0.240 e. The molecule has 0 spiro atoms. The Kier molecular flexibility index (Phi) is 6.45. The van der Waals surface area contributed by atoms with Crippen LogP contribution >= 0.6 is 11.3 Å². The third-order valence-electron chi connectivity index (χ3n) is 2.97. The van der Waals surface area contributed by atoms with Crippen LogP contribution in [-0.4, -0.2) is 44.8 Å². The minimum absolute atomic E-state index is 0.176. The summed E-state index contributed by atoms with van der Waals surface area (Å²) in [5.74, 6) is -0.464. The van der Waals surface area contributed by atoms with E-state index in [1.165, 1.54) is 24.5 Å². The number of nitrogens with one attached hydrogen (secondary N) is 2. The Morgan fingerprint density at radius 1 is 1.39 bits per heavy atom. The average molecular weight is 339 g/mol. The first kappa shape index (κ1) is 17.3. The van der Waals surface area contributed by atoms with Gasteiger partial charge < -0.3 is 20.1 Å². The number of rotatable bonds is 8. The van der Waals surface area contributed by atoms with Crippen molar-refractivity contribution in [1.29, 1.82) is 0 Å². The van der Waals surface area contributed by atoms with E-state index >= 15 is 0 Å². The number of amides is 1. The molecule has 6 nitrogen and oxygen atoms in total. The molecular weight excluding hydrogens is 321 g/mol. The van der Waals surface area contributed by atoms with Crippen molar-refractivity contribution >= 4 is 22.4 Å². The number of thiazole rings is 1. The third-order valence-corrected chi connectivity index (χ3v) is 3.72. The van der Waals surface area contributed by atoms with E-state index in [0.717, 1.165) is 0 Å². The molecule has 8 heteroatoms. The number of methoxy groups -OCH3 is 2. The molecular formula is C15H18FN3O3S. The van der Waals surface area contributed by atoms with E-state index in [2.05, 4.69) is 15.6 Å². The third kappa shape index (κ3) is 4.98. The Bertz CT molecular complexity index is 663. The number of ether oxygens (including phenoxy) is 2. The fourth-order valence-electron chi connectivity index (χ4n) is 1.83. The zero-order valence-electron chi connectivity index (χ0n) is 12.9. The van der Waals surface area contributed by atoms with Gasteiger partial charge in [-0.25, -0.2) is 9.37 Å². The Hall–Kier alpha value is -2.03. The Labute approximate surface area is 137 Å². The van der Waals surface area contributed by atoms with Crippen molar-refractivity contribution in [3.05, 3.63) is 29.4 Å². The quantitative estimate of drug-likeness (QED) is 0.721. The SMILES string of the molecule is COCCNCC(=O)Nc1nc(-c2ccc(OC)c(F)c2)cs1. The first-order chi connectivity index (χ1) is 11.1. The zero-order chi connectivity index (χ0) is 16.7. The molecule has 0 fully saturated rings. The lowest BCUT2D eigenvalue weighted by Gasteiger charge is -2.04. The van der Waals surface area contributed by atoms with E-state index in [1.54, 1.807) is 24.6 Å². The summed E-state index contributed by atoms with van der Waals surface area (Å²) in [7, 11) is 3.01. The van der Waals surface area contributed by atoms with Crippen LogP contribution in [0, 0.1) is 5.82 Å². The fourth-order valence-corrected chi connectivity index (χ4v) is 2.56. The van der Waals surface area contributed by atoms with E-state index in [-0.39, 0.29) is 18.2 Å². The van der Waals surface area contributed by atoms with Gasteiger partial charge in [0.15, 0.2) is 16.7 Å². The van der Waals surface area contributed by atoms with Crippen molar-refractivity contribution in [2.45, 2.75) is 0 Å². The normalized spacial score (nSPS) is 10.6. The summed E-state index contributed by atoms with van der Waals surface area (Å²) in [4.78, 5) is 16.0. The number of hydrogen-bond acceptors (Lipinski definition) is 6. The lowest BCUT2D eigenvalue weighted by atomic mass is 10.1. The lowest BCUT2D eigenvalue weighted by molar-refractivity contribution is -0.115. The van der Waals surface area contributed by atoms with E-state index in [9.17, 15) is 9.18 Å². The van der Waals surface area contributed by atoms with Crippen molar-refractivity contribution in [2.75, 3.05) is 39.2 Å². The maximum atomic E-state index is 13.7. The molecule has 0 saturated heterocycles. The molecule has 0 aliphatic heterocycles. The molecule has 0 bridgehead atoms. The number of benzene rings is 1. The van der Waals surface area contributed by atoms with Gasteiger partial charge in [0.1, 0.15) is 0 Å². The van der Waals surface area contributed by atoms with Crippen LogP contribution in [0.3, 0.4) is 0 Å². The first-order valence-electron chi connectivity index (χ1n) is 6.93. The summed E-state index contributed by atoms with van der Waals surface area (Å²) in [5, 5.41) is 7.86. The molecule has 0 unspecified atom stereocenters. The summed E-state index contributed by atoms with van der Waals surface area (Å²) >= 11 is 1.28. The van der Waals surface area contributed by atoms with E-state index in [1.807, 2.05) is 0 Å². The van der Waals surface area contributed by atoms with Crippen LogP contribution in [0.4, 0.5) is 9.52 Å². The van der Waals surface area contributed by atoms with Crippen LogP contribution in [0.5, 0.6) is 5.75 Å². The van der Waals surface area contributed by atoms with E-state index in [0.29, 0.717) is 29.5 Å². The van der Waals surface area contributed by atoms with Crippen LogP contribution < -0.4 is 15.4 Å². The van der Waals surface area contributed by atoms with Gasteiger partial charge in [-0.15, -0.1) is 11.3 Å². The molecule has 1 aromatic carbocycles. The highest BCUT2D eigenvalue weighted by atomic mass is 32.1. The van der Waals surface area contributed by atoms with Gasteiger partial charge >= 0.3 is 0 Å². The fraction of sp³-hybridized carbons (Fsp3) is 0.333. The van der Waals surface area contributed by atoms with Gasteiger partial charge in [-0.1, -0.05) is 0 Å². The predicted molar refractivity (Wildman–Crippen MR) is 87.4 cm³/mol. The highest BCUT2D eigenvalue weighted by Gasteiger charge is 2.10. The second-order valence-electron chi connectivity index (χ2n) is 4.60. The molecule has 23 heavy (non-hydrogen) atoms. The molecule has 0 atom stereocenters. The topological polar surface area (TPSA) is 72.5 Å². The van der Waals surface area contributed by atoms with E-state index in [4.69, 9.17) is 9.47 Å². The first-order valence-corrected chi connectivity index (χ1v) is 7.81. The number of aromatic nitrogens is 1. The molecule has 2 N–H and O–H groups in total. The highest BCUT2D eigenvalue weighted by Crippen LogP contribution is 2.28. The van der Waals surface area contributed by atoms with Crippen molar-refractivity contribution in [1.82, 2.24) is 10.3 Å². The summed E-state index contributed by atoms with van der Waals surface area (Å²) in [5.41, 5.74) is 1.22. The van der Waals surface area contributed by atoms with E-state index < -0.39 is 5.82 Å². The van der Waals surface area contributed by atoms with Crippen LogP contribution in [0.25, 0.3) is 11.3 Å². The maximum Gasteiger partial charge on any atom is 0.240 e. The van der Waals surface area contributed by atoms with Gasteiger partial charge in [0.25, 0.3) is 0 Å². The number of carbonyl (C=O) groups excluding carboxylic acids is 1. The average Bonchev–Trinajstić information content (AvgIpc) is 3.00. The Morgan fingerprint density at radius 3 is 2.91 bits per heavy atom. The molecule has 0 aliphatic rings. The van der Waals surface area contributed by atoms with Gasteiger partial charge in [0.05, 0.1) is 26.0 Å². The highest BCUT2D eigenvalue weighted by molar-refractivity contribution is 7.14. The summed E-state index contributed by atoms with van der Waals surface area (Å²) in [6, 6.07) is 4.61. The molecule has 0 radical (unpaired) electrons. The minimum Gasteiger partial charge on any atom is -0.494 e. The second kappa shape index (κ2) is 8.56. The molecule has 0 saturated carbocycles. The Morgan fingerprint density at radius 2 is 2.22 bits per heavy atom. The number of hydrogen-bond donors (Lipinski definition) is 2. The molecule has 124 valence electrons. The summed E-state index contributed by atoms with van der Waals surface area (Å²) in [6.45, 7) is 1.31. The van der Waals surface area contributed by atoms with Crippen molar-refractivity contribution in [2.24, 2.45) is 0 Å². The number of carbonyl (C=O) groups is 1.